The fourth-order valence-electron chi connectivity index (χ4n) is 11.1. The summed E-state index contributed by atoms with van der Waals surface area (Å²) in [5.74, 6) is -1.22. The maximum atomic E-state index is 16.0. The zero-order valence-electron chi connectivity index (χ0n) is 36.5. The van der Waals surface area contributed by atoms with E-state index in [1.165, 1.54) is 27.9 Å². The molecule has 8 heterocycles. The molecule has 11 rings (SSSR count). The molecule has 6 aliphatic heterocycles. The van der Waals surface area contributed by atoms with Crippen molar-refractivity contribution in [2.45, 2.75) is 94.5 Å². The summed E-state index contributed by atoms with van der Waals surface area (Å²) in [5, 5.41) is 10.7. The molecule has 3 N–H and O–H groups in total. The summed E-state index contributed by atoms with van der Waals surface area (Å²) in [6.45, 7) is 4.57. The first-order valence-corrected chi connectivity index (χ1v) is 24.0. The number of carbonyl (C=O) groups excluding carboxylic acids is 5. The Labute approximate surface area is 385 Å². The highest BCUT2D eigenvalue weighted by Crippen LogP contribution is 2.39. The van der Waals surface area contributed by atoms with Gasteiger partial charge in [0.1, 0.15) is 11.9 Å². The zero-order valence-corrected chi connectivity index (χ0v) is 37.3. The number of piperidine rings is 3. The number of imide groups is 1. The van der Waals surface area contributed by atoms with E-state index in [-0.39, 0.29) is 47.5 Å². The van der Waals surface area contributed by atoms with Crippen LogP contribution in [0.5, 0.6) is 0 Å². The Balaban J connectivity index is 0.705. The number of halogens is 1. The predicted molar refractivity (Wildman–Crippen MR) is 246 cm³/mol. The molecule has 5 aromatic rings. The zero-order chi connectivity index (χ0) is 45.1. The molecule has 4 fully saturated rings. The van der Waals surface area contributed by atoms with Gasteiger partial charge in [0.25, 0.3) is 11.8 Å². The Morgan fingerprint density at radius 3 is 2.45 bits per heavy atom. The van der Waals surface area contributed by atoms with E-state index in [9.17, 15) is 24.0 Å². The van der Waals surface area contributed by atoms with Crippen LogP contribution in [0.4, 0.5) is 20.9 Å². The molecule has 5 amide bonds. The van der Waals surface area contributed by atoms with E-state index in [1.807, 2.05) is 41.0 Å². The highest BCUT2D eigenvalue weighted by Gasteiger charge is 2.44. The quantitative estimate of drug-likeness (QED) is 0.148. The molecule has 3 aromatic carbocycles. The van der Waals surface area contributed by atoms with Crippen LogP contribution in [0.15, 0.2) is 78.6 Å². The lowest BCUT2D eigenvalue weighted by molar-refractivity contribution is -0.144. The molecular formula is C49H51FN10O5S. The van der Waals surface area contributed by atoms with Crippen molar-refractivity contribution in [3.05, 3.63) is 112 Å². The molecule has 66 heavy (non-hydrogen) atoms. The number of carbonyl (C=O) groups is 5. The first-order chi connectivity index (χ1) is 32.1. The van der Waals surface area contributed by atoms with Crippen molar-refractivity contribution in [1.82, 2.24) is 34.6 Å². The number of aryl methyl sites for hydroxylation is 1. The van der Waals surface area contributed by atoms with Gasteiger partial charge in [-0.05, 0) is 117 Å². The van der Waals surface area contributed by atoms with Gasteiger partial charge in [0, 0.05) is 78.4 Å². The highest BCUT2D eigenvalue weighted by molar-refractivity contribution is 7.13. The van der Waals surface area contributed by atoms with Crippen molar-refractivity contribution in [3.63, 3.8) is 0 Å². The first-order valence-electron chi connectivity index (χ1n) is 23.1. The Kier molecular flexibility index (Phi) is 11.1. The molecule has 2 aromatic heterocycles. The molecule has 0 saturated carbocycles. The van der Waals surface area contributed by atoms with Crippen LogP contribution in [0.25, 0.3) is 11.1 Å². The van der Waals surface area contributed by atoms with E-state index in [2.05, 4.69) is 52.8 Å². The van der Waals surface area contributed by atoms with Gasteiger partial charge in [0.2, 0.25) is 17.7 Å². The summed E-state index contributed by atoms with van der Waals surface area (Å²) in [6, 6.07) is 18.0. The van der Waals surface area contributed by atoms with Gasteiger partial charge in [-0.15, -0.1) is 11.3 Å². The van der Waals surface area contributed by atoms with E-state index in [1.54, 1.807) is 24.0 Å². The van der Waals surface area contributed by atoms with Gasteiger partial charge in [-0.2, -0.15) is 0 Å². The molecule has 0 bridgehead atoms. The van der Waals surface area contributed by atoms with E-state index in [0.29, 0.717) is 48.2 Å². The Hall–Kier alpha value is -6.46. The fourth-order valence-corrected chi connectivity index (χ4v) is 11.6. The Morgan fingerprint density at radius 2 is 1.68 bits per heavy atom. The van der Waals surface area contributed by atoms with Crippen molar-refractivity contribution in [1.29, 1.82) is 0 Å². The molecule has 4 unspecified atom stereocenters. The molecule has 0 spiro atoms. The minimum Gasteiger partial charge on any atom is -0.374 e. The van der Waals surface area contributed by atoms with Crippen molar-refractivity contribution in [3.8, 4) is 11.1 Å². The molecular weight excluding hydrogens is 860 g/mol. The second-order valence-electron chi connectivity index (χ2n) is 18.4. The number of fused-ring (bicyclic) bond motifs is 3. The predicted octanol–water partition coefficient (Wildman–Crippen LogP) is 5.70. The molecule has 6 aliphatic rings. The van der Waals surface area contributed by atoms with Crippen LogP contribution in [0.2, 0.25) is 0 Å². The maximum Gasteiger partial charge on any atom is 0.255 e. The van der Waals surface area contributed by atoms with Gasteiger partial charge in [-0.1, -0.05) is 24.3 Å². The Bertz CT molecular complexity index is 2700. The average Bonchev–Trinajstić information content (AvgIpc) is 4.16. The van der Waals surface area contributed by atoms with Crippen LogP contribution in [0, 0.1) is 5.82 Å². The number of amides is 5. The Morgan fingerprint density at radius 1 is 0.864 bits per heavy atom. The summed E-state index contributed by atoms with van der Waals surface area (Å²) in [6.07, 6.45) is 9.52. The van der Waals surface area contributed by atoms with Crippen LogP contribution in [-0.4, -0.2) is 110 Å². The van der Waals surface area contributed by atoms with Crippen LogP contribution in [0.3, 0.4) is 0 Å². The van der Waals surface area contributed by atoms with Crippen molar-refractivity contribution >= 4 is 57.4 Å². The maximum absolute atomic E-state index is 16.0. The van der Waals surface area contributed by atoms with Crippen LogP contribution in [-0.2, 0) is 38.7 Å². The number of anilines is 3. The summed E-state index contributed by atoms with van der Waals surface area (Å²) in [7, 11) is 0. The van der Waals surface area contributed by atoms with E-state index < -0.39 is 29.7 Å². The second-order valence-corrected chi connectivity index (χ2v) is 19.3. The van der Waals surface area contributed by atoms with Crippen LogP contribution < -0.4 is 20.9 Å². The number of benzene rings is 3. The van der Waals surface area contributed by atoms with Gasteiger partial charge in [-0.3, -0.25) is 39.5 Å². The summed E-state index contributed by atoms with van der Waals surface area (Å²) >= 11 is 1.28. The lowest BCUT2D eigenvalue weighted by Crippen LogP contribution is -2.63. The molecule has 17 heteroatoms. The third kappa shape index (κ3) is 7.91. The molecule has 0 radical (unpaired) electrons. The number of aromatic nitrogens is 3. The van der Waals surface area contributed by atoms with Crippen molar-refractivity contribution in [2.75, 3.05) is 48.3 Å². The number of rotatable bonds is 10. The molecule has 340 valence electrons. The SMILES string of the molecule is O=C1CCC(Nc2ccc(C3CCN(C4CCC5CN(c6ccc(-c7cc(F)c8c(c7)C(=O)N(C(C(=O)Nc7nccs7)c7ncn9c7CCC9)C8)cc6)CCN5C4=O)CC3)cc2)C(=O)N1. The van der Waals surface area contributed by atoms with Gasteiger partial charge in [0.15, 0.2) is 11.2 Å². The fraction of sp³-hybridized carbons (Fsp3) is 0.408. The van der Waals surface area contributed by atoms with Gasteiger partial charge >= 0.3 is 0 Å². The number of nitrogens with one attached hydrogen (secondary N) is 3. The van der Waals surface area contributed by atoms with Crippen LogP contribution >= 0.6 is 11.3 Å². The van der Waals surface area contributed by atoms with Crippen molar-refractivity contribution in [2.24, 2.45) is 0 Å². The number of likely N-dealkylation sites (tertiary alicyclic amines) is 1. The van der Waals surface area contributed by atoms with Gasteiger partial charge < -0.3 is 24.6 Å². The third-order valence-electron chi connectivity index (χ3n) is 14.6. The standard InChI is InChI=1S/C49H51FN10O5S/c50-38-25-32(24-36-37(38)27-60(47(36)64)44(46(63)55-49-51-17-23-66-49)43-40-2-1-18-58(40)28-52-43)30-5-9-34(10-6-30)57-21-22-59-35(26-57)11-13-41(48(59)65)56-19-15-31(16-20-56)29-3-7-33(8-4-29)53-39-12-14-42(61)54-45(39)62/h3-10,17,23-25,28,31,35,39,41,44,53H,1-2,11-16,18-22,26-27H2,(H,51,55,63)(H,54,61,62). The smallest absolute Gasteiger partial charge is 0.255 e. The summed E-state index contributed by atoms with van der Waals surface area (Å²) in [4.78, 5) is 82.8. The minimum absolute atomic E-state index is 0.0538. The number of nitrogens with zero attached hydrogens (tertiary/aromatic N) is 7. The van der Waals surface area contributed by atoms with Gasteiger partial charge in [0.05, 0.1) is 24.6 Å². The third-order valence-corrected chi connectivity index (χ3v) is 15.3. The molecule has 4 saturated heterocycles. The molecule has 15 nitrogen and oxygen atoms in total. The van der Waals surface area contributed by atoms with Crippen molar-refractivity contribution < 1.29 is 28.4 Å². The number of hydrogen-bond donors (Lipinski definition) is 3. The lowest BCUT2D eigenvalue weighted by Gasteiger charge is -2.49. The van der Waals surface area contributed by atoms with Crippen LogP contribution in [0.1, 0.15) is 89.8 Å². The molecule has 4 atom stereocenters. The topological polar surface area (TPSA) is 165 Å². The lowest BCUT2D eigenvalue weighted by atomic mass is 9.87. The van der Waals surface area contributed by atoms with E-state index in [4.69, 9.17) is 0 Å². The minimum atomic E-state index is -1.05. The van der Waals surface area contributed by atoms with E-state index >= 15 is 4.39 Å². The normalized spacial score (nSPS) is 22.8. The summed E-state index contributed by atoms with van der Waals surface area (Å²) in [5.41, 5.74) is 6.43. The second kappa shape index (κ2) is 17.4. The number of thiazole rings is 1. The summed E-state index contributed by atoms with van der Waals surface area (Å²) < 4.78 is 18.0. The average molecular weight is 911 g/mol. The largest absolute Gasteiger partial charge is 0.374 e. The number of piperazine rings is 1. The first kappa shape index (κ1) is 42.2. The highest BCUT2D eigenvalue weighted by atomic mass is 32.1. The number of hydrogen-bond acceptors (Lipinski definition) is 11. The van der Waals surface area contributed by atoms with Gasteiger partial charge in [-0.25, -0.2) is 14.4 Å². The monoisotopic (exact) mass is 910 g/mol. The van der Waals surface area contributed by atoms with E-state index in [0.717, 1.165) is 87.3 Å². The number of imidazole rings is 1. The molecule has 0 aliphatic carbocycles.